The van der Waals surface area contributed by atoms with Gasteiger partial charge in [-0.1, -0.05) is 13.8 Å². The highest BCUT2D eigenvalue weighted by Gasteiger charge is 2.21. The van der Waals surface area contributed by atoms with E-state index in [1.165, 1.54) is 19.3 Å². The molecule has 0 bridgehead atoms. The van der Waals surface area contributed by atoms with Crippen molar-refractivity contribution in [3.63, 3.8) is 0 Å². The highest BCUT2D eigenvalue weighted by Crippen LogP contribution is 2.21. The van der Waals surface area contributed by atoms with Gasteiger partial charge in [-0.2, -0.15) is 0 Å². The molecule has 6 heteroatoms. The van der Waals surface area contributed by atoms with Gasteiger partial charge in [0.2, 0.25) is 0 Å². The van der Waals surface area contributed by atoms with Crippen LogP contribution < -0.4 is 5.73 Å². The molecule has 1 aliphatic rings. The predicted molar refractivity (Wildman–Crippen MR) is 102 cm³/mol. The third-order valence-electron chi connectivity index (χ3n) is 4.23. The van der Waals surface area contributed by atoms with E-state index in [1.807, 2.05) is 12.1 Å². The smallest absolute Gasteiger partial charge is 0.191 e. The predicted octanol–water partition coefficient (Wildman–Crippen LogP) is 3.08. The summed E-state index contributed by atoms with van der Waals surface area (Å²) >= 11 is 0. The number of furan rings is 1. The summed E-state index contributed by atoms with van der Waals surface area (Å²) in [5, 5.41) is 0. The Kier molecular flexibility index (Phi) is 8.85. The molecule has 1 saturated heterocycles. The van der Waals surface area contributed by atoms with Crippen LogP contribution in [0.25, 0.3) is 0 Å². The van der Waals surface area contributed by atoms with E-state index in [2.05, 4.69) is 28.6 Å². The zero-order chi connectivity index (χ0) is 15.1. The molecule has 1 atom stereocenters. The lowest BCUT2D eigenvalue weighted by molar-refractivity contribution is 0.197. The molecule has 0 aliphatic carbocycles. The number of nitrogens with two attached hydrogens (primary N) is 1. The topological polar surface area (TPSA) is 58.0 Å². The molecule has 1 unspecified atom stereocenters. The molecule has 2 heterocycles. The number of likely N-dealkylation sites (tertiary alicyclic amines) is 1. The molecule has 1 aliphatic heterocycles. The number of hydrogen-bond donors (Lipinski definition) is 1. The maximum Gasteiger partial charge on any atom is 0.191 e. The minimum atomic E-state index is 0. The number of halogens is 1. The molecular formula is C16H29IN4O. The number of nitrogens with zero attached hydrogens (tertiary/aromatic N) is 3. The maximum absolute atomic E-state index is 6.16. The summed E-state index contributed by atoms with van der Waals surface area (Å²) in [7, 11) is 0. The molecule has 0 aromatic carbocycles. The van der Waals surface area contributed by atoms with Crippen molar-refractivity contribution in [1.29, 1.82) is 0 Å². The maximum atomic E-state index is 6.16. The highest BCUT2D eigenvalue weighted by atomic mass is 127. The first-order chi connectivity index (χ1) is 10.3. The van der Waals surface area contributed by atoms with Crippen molar-refractivity contribution in [3.05, 3.63) is 24.2 Å². The minimum absolute atomic E-state index is 0. The van der Waals surface area contributed by atoms with Gasteiger partial charge >= 0.3 is 0 Å². The molecule has 1 aromatic rings. The Labute approximate surface area is 150 Å². The Balaban J connectivity index is 0.00000242. The largest absolute Gasteiger partial charge is 0.468 e. The number of likely N-dealkylation sites (N-methyl/N-ethyl adjacent to an activating group) is 1. The van der Waals surface area contributed by atoms with Crippen molar-refractivity contribution in [2.24, 2.45) is 10.7 Å². The Morgan fingerprint density at radius 1 is 1.32 bits per heavy atom. The summed E-state index contributed by atoms with van der Waals surface area (Å²) in [6, 6.07) is 4.12. The zero-order valence-electron chi connectivity index (χ0n) is 13.7. The molecule has 0 radical (unpaired) electrons. The van der Waals surface area contributed by atoms with Crippen LogP contribution >= 0.6 is 24.0 Å². The Morgan fingerprint density at radius 3 is 2.55 bits per heavy atom. The highest BCUT2D eigenvalue weighted by molar-refractivity contribution is 14.0. The summed E-state index contributed by atoms with van der Waals surface area (Å²) in [4.78, 5) is 9.19. The molecule has 5 nitrogen and oxygen atoms in total. The second-order valence-electron chi connectivity index (χ2n) is 5.50. The number of rotatable bonds is 6. The van der Waals surface area contributed by atoms with Crippen LogP contribution in [0.15, 0.2) is 27.8 Å². The van der Waals surface area contributed by atoms with Crippen LogP contribution in [0.5, 0.6) is 0 Å². The summed E-state index contributed by atoms with van der Waals surface area (Å²) in [6.07, 6.45) is 5.46. The summed E-state index contributed by atoms with van der Waals surface area (Å²) in [6.45, 7) is 8.99. The first-order valence-corrected chi connectivity index (χ1v) is 8.08. The lowest BCUT2D eigenvalue weighted by atomic mass is 10.1. The molecule has 2 N–H and O–H groups in total. The van der Waals surface area contributed by atoms with E-state index in [4.69, 9.17) is 10.2 Å². The van der Waals surface area contributed by atoms with Gasteiger partial charge in [0.1, 0.15) is 5.76 Å². The number of aliphatic imine (C=N–C) groups is 1. The van der Waals surface area contributed by atoms with Gasteiger partial charge in [-0.3, -0.25) is 9.89 Å². The molecule has 0 amide bonds. The quantitative estimate of drug-likeness (QED) is 0.437. The fraction of sp³-hybridized carbons (Fsp3) is 0.688. The fourth-order valence-electron chi connectivity index (χ4n) is 2.93. The molecular weight excluding hydrogens is 391 g/mol. The number of piperidine rings is 1. The van der Waals surface area contributed by atoms with Gasteiger partial charge in [-0.15, -0.1) is 24.0 Å². The van der Waals surface area contributed by atoms with E-state index in [1.54, 1.807) is 6.26 Å². The first kappa shape index (κ1) is 19.3. The van der Waals surface area contributed by atoms with Gasteiger partial charge < -0.3 is 15.1 Å². The first-order valence-electron chi connectivity index (χ1n) is 8.08. The third kappa shape index (κ3) is 5.15. The minimum Gasteiger partial charge on any atom is -0.468 e. The van der Waals surface area contributed by atoms with E-state index in [9.17, 15) is 0 Å². The van der Waals surface area contributed by atoms with Gasteiger partial charge in [0.05, 0.1) is 18.8 Å². The van der Waals surface area contributed by atoms with Gasteiger partial charge in [-0.25, -0.2) is 0 Å². The monoisotopic (exact) mass is 420 g/mol. The second kappa shape index (κ2) is 10.1. The average Bonchev–Trinajstić information content (AvgIpc) is 3.06. The summed E-state index contributed by atoms with van der Waals surface area (Å²) in [5.41, 5.74) is 6.16. The summed E-state index contributed by atoms with van der Waals surface area (Å²) < 4.78 is 5.59. The van der Waals surface area contributed by atoms with Crippen molar-refractivity contribution in [2.75, 3.05) is 32.7 Å². The van der Waals surface area contributed by atoms with Crippen LogP contribution in [0.3, 0.4) is 0 Å². The third-order valence-corrected chi connectivity index (χ3v) is 4.23. The van der Waals surface area contributed by atoms with Gasteiger partial charge in [0.15, 0.2) is 5.96 Å². The van der Waals surface area contributed by atoms with Crippen LogP contribution in [0.1, 0.15) is 44.9 Å². The van der Waals surface area contributed by atoms with Crippen molar-refractivity contribution < 1.29 is 4.42 Å². The van der Waals surface area contributed by atoms with E-state index in [-0.39, 0.29) is 30.0 Å². The standard InChI is InChI=1S/C16H28N4O.HI/c1-3-19(4-2)14(15-9-8-12-21-15)13-18-16(17)20-10-6-5-7-11-20;/h8-9,12,14H,3-7,10-11,13H2,1-2H3,(H2,17,18);1H. The van der Waals surface area contributed by atoms with Gasteiger partial charge in [-0.05, 0) is 44.5 Å². The molecule has 2 rings (SSSR count). The van der Waals surface area contributed by atoms with Crippen LogP contribution in [0, 0.1) is 0 Å². The number of guanidine groups is 1. The van der Waals surface area contributed by atoms with Gasteiger partial charge in [0, 0.05) is 13.1 Å². The molecule has 22 heavy (non-hydrogen) atoms. The van der Waals surface area contributed by atoms with Crippen LogP contribution in [0.4, 0.5) is 0 Å². The normalized spacial score (nSPS) is 17.4. The Bertz CT molecular complexity index is 425. The van der Waals surface area contributed by atoms with Crippen LogP contribution in [0.2, 0.25) is 0 Å². The SMILES string of the molecule is CCN(CC)C(CN=C(N)N1CCCCC1)c1ccco1.I. The lowest BCUT2D eigenvalue weighted by Crippen LogP contribution is -2.41. The second-order valence-corrected chi connectivity index (χ2v) is 5.50. The van der Waals surface area contributed by atoms with Crippen molar-refractivity contribution >= 4 is 29.9 Å². The van der Waals surface area contributed by atoms with Crippen LogP contribution in [-0.4, -0.2) is 48.5 Å². The van der Waals surface area contributed by atoms with E-state index < -0.39 is 0 Å². The van der Waals surface area contributed by atoms with Crippen molar-refractivity contribution in [3.8, 4) is 0 Å². The van der Waals surface area contributed by atoms with Crippen molar-refractivity contribution in [2.45, 2.75) is 39.2 Å². The zero-order valence-corrected chi connectivity index (χ0v) is 16.0. The average molecular weight is 420 g/mol. The molecule has 0 spiro atoms. The lowest BCUT2D eigenvalue weighted by Gasteiger charge is -2.29. The van der Waals surface area contributed by atoms with E-state index >= 15 is 0 Å². The Morgan fingerprint density at radius 2 is 2.00 bits per heavy atom. The number of hydrogen-bond acceptors (Lipinski definition) is 3. The molecule has 1 aromatic heterocycles. The van der Waals surface area contributed by atoms with Crippen LogP contribution in [-0.2, 0) is 0 Å². The molecule has 0 saturated carbocycles. The molecule has 1 fully saturated rings. The fourth-order valence-corrected chi connectivity index (χ4v) is 2.93. The van der Waals surface area contributed by atoms with Gasteiger partial charge in [0.25, 0.3) is 0 Å². The van der Waals surface area contributed by atoms with Crippen molar-refractivity contribution in [1.82, 2.24) is 9.80 Å². The van der Waals surface area contributed by atoms with E-state index in [0.29, 0.717) is 12.5 Å². The molecule has 126 valence electrons. The Hall–Kier alpha value is -0.760. The van der Waals surface area contributed by atoms with E-state index in [0.717, 1.165) is 31.9 Å². The summed E-state index contributed by atoms with van der Waals surface area (Å²) in [5.74, 6) is 1.65.